The minimum absolute atomic E-state index is 0.300. The van der Waals surface area contributed by atoms with Crippen molar-refractivity contribution in [3.8, 4) is 17.2 Å². The lowest BCUT2D eigenvalue weighted by Gasteiger charge is -2.15. The maximum absolute atomic E-state index is 12.5. The summed E-state index contributed by atoms with van der Waals surface area (Å²) in [5.74, 6) is 0.846. The minimum Gasteiger partial charge on any atom is -0.490 e. The van der Waals surface area contributed by atoms with Crippen molar-refractivity contribution < 1.29 is 14.3 Å². The van der Waals surface area contributed by atoms with E-state index in [9.17, 15) is 4.79 Å². The van der Waals surface area contributed by atoms with Crippen molar-refractivity contribution in [2.45, 2.75) is 13.5 Å². The van der Waals surface area contributed by atoms with Crippen molar-refractivity contribution in [1.29, 1.82) is 0 Å². The molecule has 0 saturated heterocycles. The predicted octanol–water partition coefficient (Wildman–Crippen LogP) is 6.63. The third-order valence-electron chi connectivity index (χ3n) is 5.02. The molecule has 0 bridgehead atoms. The summed E-state index contributed by atoms with van der Waals surface area (Å²) in [5, 5.41) is 4.76. The Bertz CT molecular complexity index is 1320. The molecule has 0 aliphatic heterocycles. The second-order valence-corrected chi connectivity index (χ2v) is 8.81. The average Bonchev–Trinajstić information content (AvgIpc) is 3.39. The molecule has 3 aromatic carbocycles. The van der Waals surface area contributed by atoms with Crippen LogP contribution < -0.4 is 14.9 Å². The Labute approximate surface area is 217 Å². The lowest BCUT2D eigenvalue weighted by molar-refractivity contribution is 0.0955. The van der Waals surface area contributed by atoms with Crippen LogP contribution in [0.3, 0.4) is 0 Å². The Kier molecular flexibility index (Phi) is 8.23. The summed E-state index contributed by atoms with van der Waals surface area (Å²) in [6, 6.07) is 22.3. The number of benzene rings is 3. The third-order valence-corrected chi connectivity index (χ3v) is 5.84. The van der Waals surface area contributed by atoms with Gasteiger partial charge in [0.25, 0.3) is 5.91 Å². The van der Waals surface area contributed by atoms with Crippen LogP contribution >= 0.6 is 27.5 Å². The van der Waals surface area contributed by atoms with Crippen molar-refractivity contribution in [2.24, 2.45) is 5.10 Å². The van der Waals surface area contributed by atoms with E-state index in [4.69, 9.17) is 21.1 Å². The summed E-state index contributed by atoms with van der Waals surface area (Å²) in [6.07, 6.45) is 5.45. The first-order valence-corrected chi connectivity index (χ1v) is 12.1. The summed E-state index contributed by atoms with van der Waals surface area (Å²) in [5.41, 5.74) is 5.73. The van der Waals surface area contributed by atoms with E-state index in [0.717, 1.165) is 16.8 Å². The van der Waals surface area contributed by atoms with Crippen LogP contribution in [0.5, 0.6) is 11.5 Å². The summed E-state index contributed by atoms with van der Waals surface area (Å²) >= 11 is 9.62. The van der Waals surface area contributed by atoms with Crippen molar-refractivity contribution >= 4 is 39.7 Å². The molecule has 1 N–H and O–H groups in total. The number of ether oxygens (including phenoxy) is 2. The highest BCUT2D eigenvalue weighted by Gasteiger charge is 2.13. The maximum atomic E-state index is 12.5. The van der Waals surface area contributed by atoms with Gasteiger partial charge < -0.3 is 14.0 Å². The molecule has 178 valence electrons. The van der Waals surface area contributed by atoms with E-state index in [0.29, 0.717) is 39.8 Å². The monoisotopic (exact) mass is 551 g/mol. The minimum atomic E-state index is -0.300. The van der Waals surface area contributed by atoms with Crippen LogP contribution in [0.2, 0.25) is 5.02 Å². The molecule has 6 nitrogen and oxygen atoms in total. The Morgan fingerprint density at radius 1 is 1.06 bits per heavy atom. The second kappa shape index (κ2) is 11.7. The first kappa shape index (κ1) is 24.6. The zero-order valence-corrected chi connectivity index (χ0v) is 21.3. The van der Waals surface area contributed by atoms with Gasteiger partial charge in [0.05, 0.1) is 17.3 Å². The van der Waals surface area contributed by atoms with Gasteiger partial charge in [0.1, 0.15) is 6.61 Å². The summed E-state index contributed by atoms with van der Waals surface area (Å²) in [6.45, 7) is 2.71. The van der Waals surface area contributed by atoms with Crippen LogP contribution in [0.1, 0.15) is 28.4 Å². The van der Waals surface area contributed by atoms with Gasteiger partial charge >= 0.3 is 0 Å². The van der Waals surface area contributed by atoms with E-state index in [1.54, 1.807) is 18.3 Å². The number of aromatic nitrogens is 1. The molecule has 0 fully saturated rings. The molecule has 1 aromatic heterocycles. The van der Waals surface area contributed by atoms with Crippen LogP contribution in [0.25, 0.3) is 5.69 Å². The van der Waals surface area contributed by atoms with E-state index < -0.39 is 0 Å². The number of nitrogens with one attached hydrogen (secondary N) is 1. The van der Waals surface area contributed by atoms with E-state index >= 15 is 0 Å². The second-order valence-electron chi connectivity index (χ2n) is 7.52. The molecule has 0 unspecified atom stereocenters. The van der Waals surface area contributed by atoms with Gasteiger partial charge in [0, 0.05) is 28.7 Å². The van der Waals surface area contributed by atoms with Gasteiger partial charge in [-0.1, -0.05) is 23.7 Å². The number of amides is 1. The van der Waals surface area contributed by atoms with Crippen LogP contribution in [-0.4, -0.2) is 23.3 Å². The Hall–Kier alpha value is -3.55. The molecule has 1 amide bonds. The van der Waals surface area contributed by atoms with Crippen LogP contribution in [-0.2, 0) is 6.61 Å². The van der Waals surface area contributed by atoms with Gasteiger partial charge in [-0.3, -0.25) is 4.79 Å². The van der Waals surface area contributed by atoms with E-state index in [2.05, 4.69) is 26.5 Å². The Morgan fingerprint density at radius 2 is 1.83 bits per heavy atom. The quantitative estimate of drug-likeness (QED) is 0.187. The Balaban J connectivity index is 1.42. The number of carbonyl (C=O) groups is 1. The molecule has 0 saturated carbocycles. The zero-order valence-electron chi connectivity index (χ0n) is 18.9. The number of hydrazone groups is 1. The number of nitrogens with zero attached hydrogens (tertiary/aromatic N) is 2. The van der Waals surface area contributed by atoms with Crippen molar-refractivity contribution in [2.75, 3.05) is 6.61 Å². The predicted molar refractivity (Wildman–Crippen MR) is 142 cm³/mol. The van der Waals surface area contributed by atoms with Crippen LogP contribution in [0.15, 0.2) is 94.8 Å². The first-order chi connectivity index (χ1) is 17.0. The molecule has 8 heteroatoms. The molecule has 0 radical (unpaired) electrons. The highest BCUT2D eigenvalue weighted by atomic mass is 79.9. The number of rotatable bonds is 9. The molecule has 35 heavy (non-hydrogen) atoms. The zero-order chi connectivity index (χ0) is 24.6. The molecule has 4 rings (SSSR count). The van der Waals surface area contributed by atoms with Gasteiger partial charge in [-0.25, -0.2) is 5.43 Å². The van der Waals surface area contributed by atoms with Gasteiger partial charge in [-0.15, -0.1) is 0 Å². The van der Waals surface area contributed by atoms with Gasteiger partial charge in [0.15, 0.2) is 11.5 Å². The lowest BCUT2D eigenvalue weighted by Crippen LogP contribution is -2.17. The van der Waals surface area contributed by atoms with Crippen LogP contribution in [0.4, 0.5) is 0 Å². The van der Waals surface area contributed by atoms with Crippen molar-refractivity contribution in [3.05, 3.63) is 111 Å². The van der Waals surface area contributed by atoms with Crippen molar-refractivity contribution in [1.82, 2.24) is 9.99 Å². The smallest absolute Gasteiger partial charge is 0.271 e. The fourth-order valence-electron chi connectivity index (χ4n) is 3.37. The summed E-state index contributed by atoms with van der Waals surface area (Å²) < 4.78 is 14.5. The molecule has 4 aromatic rings. The standard InChI is InChI=1S/C27H23BrClN3O3/c1-2-34-25-16-20(15-24(28)26(25)35-18-19-6-5-7-22(29)14-19)17-30-31-27(33)21-8-10-23(11-9-21)32-12-3-4-13-32/h3-17H,2,18H2,1H3,(H,31,33)/b30-17+. The highest BCUT2D eigenvalue weighted by Crippen LogP contribution is 2.37. The molecule has 0 spiro atoms. The van der Waals surface area contributed by atoms with Gasteiger partial charge in [-0.05, 0) is 94.6 Å². The summed E-state index contributed by atoms with van der Waals surface area (Å²) in [7, 11) is 0. The van der Waals surface area contributed by atoms with E-state index in [1.165, 1.54) is 0 Å². The van der Waals surface area contributed by atoms with Gasteiger partial charge in [-0.2, -0.15) is 5.10 Å². The van der Waals surface area contributed by atoms with Crippen molar-refractivity contribution in [3.63, 3.8) is 0 Å². The largest absolute Gasteiger partial charge is 0.490 e. The molecule has 0 aliphatic carbocycles. The molecule has 0 aliphatic rings. The number of hydrogen-bond donors (Lipinski definition) is 1. The van der Waals surface area contributed by atoms with Crippen LogP contribution in [0, 0.1) is 0 Å². The topological polar surface area (TPSA) is 64.8 Å². The normalized spacial score (nSPS) is 10.9. The maximum Gasteiger partial charge on any atom is 0.271 e. The fourth-order valence-corrected chi connectivity index (χ4v) is 4.16. The van der Waals surface area contributed by atoms with E-state index in [-0.39, 0.29) is 5.91 Å². The highest BCUT2D eigenvalue weighted by molar-refractivity contribution is 9.10. The van der Waals surface area contributed by atoms with E-state index in [1.807, 2.05) is 84.5 Å². The Morgan fingerprint density at radius 3 is 2.54 bits per heavy atom. The number of hydrogen-bond acceptors (Lipinski definition) is 4. The number of halogens is 2. The summed E-state index contributed by atoms with van der Waals surface area (Å²) in [4.78, 5) is 12.5. The third kappa shape index (κ3) is 6.53. The molecular formula is C27H23BrClN3O3. The first-order valence-electron chi connectivity index (χ1n) is 10.9. The molecular weight excluding hydrogens is 530 g/mol. The molecule has 1 heterocycles. The SMILES string of the molecule is CCOc1cc(/C=N/NC(=O)c2ccc(-n3cccc3)cc2)cc(Br)c1OCc1cccc(Cl)c1. The average molecular weight is 553 g/mol. The number of carbonyl (C=O) groups excluding carboxylic acids is 1. The fraction of sp³-hybridized carbons (Fsp3) is 0.111. The molecule has 0 atom stereocenters. The lowest BCUT2D eigenvalue weighted by atomic mass is 10.2. The van der Waals surface area contributed by atoms with Gasteiger partial charge in [0.2, 0.25) is 0 Å².